The van der Waals surface area contributed by atoms with Gasteiger partial charge in [0.2, 0.25) is 0 Å². The molecular weight excluding hydrogens is 348 g/mol. The number of rotatable bonds is 4. The monoisotopic (exact) mass is 376 g/mol. The maximum atomic E-state index is 11.4. The maximum absolute atomic E-state index is 11.4. The van der Waals surface area contributed by atoms with Crippen molar-refractivity contribution in [1.29, 1.82) is 0 Å². The number of aromatic nitrogens is 2. The molecule has 1 aromatic heterocycles. The third-order valence-corrected chi connectivity index (χ3v) is 5.94. The first-order valence-corrected chi connectivity index (χ1v) is 10.1. The molecule has 1 heterocycles. The van der Waals surface area contributed by atoms with Gasteiger partial charge < -0.3 is 9.67 Å². The molecule has 0 bridgehead atoms. The fourth-order valence-electron chi connectivity index (χ4n) is 5.08. The van der Waals surface area contributed by atoms with Crippen LogP contribution in [0.2, 0.25) is 0 Å². The third-order valence-electron chi connectivity index (χ3n) is 5.94. The van der Waals surface area contributed by atoms with E-state index in [4.69, 9.17) is 4.98 Å². The van der Waals surface area contributed by atoms with Crippen LogP contribution in [0.3, 0.4) is 0 Å². The molecular formula is C24H28N2O2. The predicted octanol–water partition coefficient (Wildman–Crippen LogP) is 5.71. The lowest BCUT2D eigenvalue weighted by molar-refractivity contribution is 0.0697. The number of aromatic carboxylic acids is 1. The number of hydrogen-bond donors (Lipinski definition) is 1. The van der Waals surface area contributed by atoms with Crippen molar-refractivity contribution < 1.29 is 9.90 Å². The highest BCUT2D eigenvalue weighted by atomic mass is 16.4. The van der Waals surface area contributed by atoms with Crippen LogP contribution >= 0.6 is 0 Å². The van der Waals surface area contributed by atoms with E-state index in [1.165, 1.54) is 12.0 Å². The second kappa shape index (κ2) is 7.08. The zero-order valence-corrected chi connectivity index (χ0v) is 16.9. The summed E-state index contributed by atoms with van der Waals surface area (Å²) in [6, 6.07) is 16.1. The van der Waals surface area contributed by atoms with Crippen molar-refractivity contribution in [2.75, 3.05) is 0 Å². The van der Waals surface area contributed by atoms with E-state index in [-0.39, 0.29) is 0 Å². The summed E-state index contributed by atoms with van der Waals surface area (Å²) in [5, 5.41) is 9.37. The normalized spacial score (nSPS) is 21.7. The van der Waals surface area contributed by atoms with Crippen molar-refractivity contribution in [3.8, 4) is 0 Å². The Kier molecular flexibility index (Phi) is 4.74. The number of hydrogen-bond acceptors (Lipinski definition) is 2. The van der Waals surface area contributed by atoms with Crippen molar-refractivity contribution in [1.82, 2.24) is 9.55 Å². The number of imidazole rings is 1. The largest absolute Gasteiger partial charge is 0.478 e. The summed E-state index contributed by atoms with van der Waals surface area (Å²) in [6.07, 6.45) is 4.25. The van der Waals surface area contributed by atoms with E-state index in [9.17, 15) is 9.90 Å². The lowest BCUT2D eigenvalue weighted by Crippen LogP contribution is -2.30. The van der Waals surface area contributed by atoms with E-state index in [0.29, 0.717) is 22.9 Å². The first-order chi connectivity index (χ1) is 13.3. The summed E-state index contributed by atoms with van der Waals surface area (Å²) < 4.78 is 2.39. The number of carboxylic acids is 1. The van der Waals surface area contributed by atoms with Crippen LogP contribution in [0.15, 0.2) is 48.5 Å². The van der Waals surface area contributed by atoms with Gasteiger partial charge in [0.05, 0.1) is 16.6 Å². The van der Waals surface area contributed by atoms with E-state index in [2.05, 4.69) is 49.6 Å². The smallest absolute Gasteiger partial charge is 0.335 e. The molecule has 4 rings (SSSR count). The van der Waals surface area contributed by atoms with E-state index in [0.717, 1.165) is 36.1 Å². The summed E-state index contributed by atoms with van der Waals surface area (Å²) in [6.45, 7) is 7.05. The average Bonchev–Trinajstić information content (AvgIpc) is 2.97. The maximum Gasteiger partial charge on any atom is 0.335 e. The Balaban J connectivity index is 1.83. The summed E-state index contributed by atoms with van der Waals surface area (Å²) in [5.41, 5.74) is 3.64. The minimum atomic E-state index is -0.909. The molecule has 0 amide bonds. The van der Waals surface area contributed by atoms with Gasteiger partial charge in [0.15, 0.2) is 0 Å². The molecule has 0 spiro atoms. The predicted molar refractivity (Wildman–Crippen MR) is 112 cm³/mol. The van der Waals surface area contributed by atoms with Crippen molar-refractivity contribution in [3.05, 3.63) is 65.5 Å². The molecule has 0 radical (unpaired) electrons. The number of carboxylic acid groups (broad SMARTS) is 1. The minimum absolute atomic E-state index is 0.292. The fourth-order valence-corrected chi connectivity index (χ4v) is 5.08. The molecule has 146 valence electrons. The van der Waals surface area contributed by atoms with Crippen molar-refractivity contribution in [3.63, 3.8) is 0 Å². The van der Waals surface area contributed by atoms with Gasteiger partial charge in [0.25, 0.3) is 0 Å². The summed E-state index contributed by atoms with van der Waals surface area (Å²) in [7, 11) is 0. The highest BCUT2D eigenvalue weighted by molar-refractivity contribution is 5.92. The van der Waals surface area contributed by atoms with Crippen LogP contribution < -0.4 is 0 Å². The average molecular weight is 377 g/mol. The van der Waals surface area contributed by atoms with Gasteiger partial charge in [-0.1, -0.05) is 51.1 Å². The molecule has 28 heavy (non-hydrogen) atoms. The first-order valence-electron chi connectivity index (χ1n) is 10.1. The van der Waals surface area contributed by atoms with Gasteiger partial charge in [-0.3, -0.25) is 0 Å². The summed E-state index contributed by atoms with van der Waals surface area (Å²) >= 11 is 0. The molecule has 1 N–H and O–H groups in total. The molecule has 2 atom stereocenters. The summed E-state index contributed by atoms with van der Waals surface area (Å²) in [5.74, 6) is 0.779. The number of benzene rings is 2. The minimum Gasteiger partial charge on any atom is -0.478 e. The highest BCUT2D eigenvalue weighted by Crippen LogP contribution is 2.45. The Labute approximate surface area is 166 Å². The fraction of sp³-hybridized carbons (Fsp3) is 0.417. The van der Waals surface area contributed by atoms with E-state index in [1.807, 2.05) is 12.1 Å². The van der Waals surface area contributed by atoms with Crippen LogP contribution in [0.1, 0.15) is 67.8 Å². The van der Waals surface area contributed by atoms with Crippen LogP contribution in [0, 0.1) is 11.3 Å². The van der Waals surface area contributed by atoms with Gasteiger partial charge in [-0.2, -0.15) is 0 Å². The quantitative estimate of drug-likeness (QED) is 0.634. The van der Waals surface area contributed by atoms with Crippen molar-refractivity contribution in [2.45, 2.75) is 52.5 Å². The summed E-state index contributed by atoms with van der Waals surface area (Å²) in [4.78, 5) is 16.3. The van der Waals surface area contributed by atoms with E-state index >= 15 is 0 Å². The SMILES string of the molecule is C[C@H]1C[C@@H](n2c(Cc3ccccc3)nc3cc(C(=O)O)ccc32)CC(C)(C)C1. The van der Waals surface area contributed by atoms with Gasteiger partial charge in [0, 0.05) is 12.5 Å². The molecule has 0 aliphatic heterocycles. The molecule has 2 aromatic carbocycles. The van der Waals surface area contributed by atoms with E-state index < -0.39 is 5.97 Å². The molecule has 1 aliphatic carbocycles. The molecule has 1 fully saturated rings. The molecule has 4 heteroatoms. The second-order valence-corrected chi connectivity index (χ2v) is 9.14. The van der Waals surface area contributed by atoms with Gasteiger partial charge in [-0.05, 0) is 54.4 Å². The second-order valence-electron chi connectivity index (χ2n) is 9.14. The van der Waals surface area contributed by atoms with Crippen LogP contribution in [0.4, 0.5) is 0 Å². The number of fused-ring (bicyclic) bond motifs is 1. The Morgan fingerprint density at radius 3 is 2.61 bits per heavy atom. The van der Waals surface area contributed by atoms with Crippen LogP contribution in [0.25, 0.3) is 11.0 Å². The van der Waals surface area contributed by atoms with Crippen molar-refractivity contribution in [2.24, 2.45) is 11.3 Å². The molecule has 4 nitrogen and oxygen atoms in total. The van der Waals surface area contributed by atoms with Crippen LogP contribution in [0.5, 0.6) is 0 Å². The Morgan fingerprint density at radius 2 is 1.93 bits per heavy atom. The Bertz CT molecular complexity index is 1000. The van der Waals surface area contributed by atoms with Gasteiger partial charge in [-0.15, -0.1) is 0 Å². The van der Waals surface area contributed by atoms with Crippen LogP contribution in [-0.4, -0.2) is 20.6 Å². The molecule has 1 saturated carbocycles. The Hall–Kier alpha value is -2.62. The van der Waals surface area contributed by atoms with Gasteiger partial charge >= 0.3 is 5.97 Å². The molecule has 0 saturated heterocycles. The lowest BCUT2D eigenvalue weighted by Gasteiger charge is -2.40. The standard InChI is InChI=1S/C24H28N2O2/c1-16-11-19(15-24(2,3)14-16)26-21-10-9-18(23(27)28)13-20(21)25-22(26)12-17-7-5-4-6-8-17/h4-10,13,16,19H,11-12,14-15H2,1-3H3,(H,27,28)/t16-,19+/m0/s1. The number of nitrogens with zero attached hydrogens (tertiary/aromatic N) is 2. The number of carbonyl (C=O) groups is 1. The Morgan fingerprint density at radius 1 is 1.18 bits per heavy atom. The van der Waals surface area contributed by atoms with Gasteiger partial charge in [-0.25, -0.2) is 9.78 Å². The first kappa shape index (κ1) is 18.7. The van der Waals surface area contributed by atoms with Crippen LogP contribution in [-0.2, 0) is 6.42 Å². The molecule has 3 aromatic rings. The topological polar surface area (TPSA) is 55.1 Å². The van der Waals surface area contributed by atoms with E-state index in [1.54, 1.807) is 12.1 Å². The molecule has 0 unspecified atom stereocenters. The highest BCUT2D eigenvalue weighted by Gasteiger charge is 2.34. The van der Waals surface area contributed by atoms with Crippen molar-refractivity contribution >= 4 is 17.0 Å². The lowest BCUT2D eigenvalue weighted by atomic mass is 9.70. The third kappa shape index (κ3) is 3.68. The zero-order chi connectivity index (χ0) is 19.9. The van der Waals surface area contributed by atoms with Gasteiger partial charge in [0.1, 0.15) is 5.82 Å². The zero-order valence-electron chi connectivity index (χ0n) is 16.9. The molecule has 1 aliphatic rings.